The molecule has 2 nitrogen and oxygen atoms in total. The molecule has 0 aliphatic carbocycles. The number of nitrogens with two attached hydrogens (primary N) is 1. The van der Waals surface area contributed by atoms with Crippen molar-refractivity contribution < 1.29 is 8.78 Å². The molecule has 96 valence electrons. The van der Waals surface area contributed by atoms with Gasteiger partial charge in [0.15, 0.2) is 0 Å². The van der Waals surface area contributed by atoms with Gasteiger partial charge in [-0.15, -0.1) is 0 Å². The average Bonchev–Trinajstić information content (AvgIpc) is 2.32. The number of nitrogens with one attached hydrogen (secondary N) is 1. The van der Waals surface area contributed by atoms with Gasteiger partial charge in [0.1, 0.15) is 11.6 Å². The van der Waals surface area contributed by atoms with E-state index >= 15 is 0 Å². The van der Waals surface area contributed by atoms with Gasteiger partial charge in [-0.05, 0) is 34.5 Å². The van der Waals surface area contributed by atoms with Crippen molar-refractivity contribution in [3.8, 4) is 0 Å². The second kappa shape index (κ2) is 7.03. The van der Waals surface area contributed by atoms with E-state index in [0.717, 1.165) is 19.3 Å². The molecule has 0 fully saturated rings. The lowest BCUT2D eigenvalue weighted by Crippen LogP contribution is -2.29. The van der Waals surface area contributed by atoms with E-state index in [9.17, 15) is 8.78 Å². The van der Waals surface area contributed by atoms with Gasteiger partial charge in [-0.1, -0.05) is 26.2 Å². The minimum atomic E-state index is -0.579. The van der Waals surface area contributed by atoms with Gasteiger partial charge >= 0.3 is 0 Å². The van der Waals surface area contributed by atoms with E-state index < -0.39 is 17.7 Å². The number of hydrogen-bond donors (Lipinski definition) is 2. The first-order valence-corrected chi connectivity index (χ1v) is 6.50. The van der Waals surface area contributed by atoms with Gasteiger partial charge in [0.05, 0.1) is 10.5 Å². The second-order valence-electron chi connectivity index (χ2n) is 3.97. The van der Waals surface area contributed by atoms with Gasteiger partial charge in [-0.25, -0.2) is 8.78 Å². The van der Waals surface area contributed by atoms with E-state index in [1.54, 1.807) is 0 Å². The standard InChI is InChI=1S/C12H17BrF2N2/c1-2-3-4-5-10(17-16)11-9(14)7-6-8(13)12(11)15/h6-7,10,17H,2-5,16H2,1H3. The first-order chi connectivity index (χ1) is 8.11. The topological polar surface area (TPSA) is 38.0 Å². The Hall–Kier alpha value is -0.520. The molecule has 1 unspecified atom stereocenters. The molecule has 0 bridgehead atoms. The zero-order chi connectivity index (χ0) is 12.8. The van der Waals surface area contributed by atoms with Gasteiger partial charge in [0.2, 0.25) is 0 Å². The van der Waals surface area contributed by atoms with Crippen LogP contribution in [0.2, 0.25) is 0 Å². The van der Waals surface area contributed by atoms with Crippen LogP contribution < -0.4 is 11.3 Å². The highest BCUT2D eigenvalue weighted by molar-refractivity contribution is 9.10. The summed E-state index contributed by atoms with van der Waals surface area (Å²) in [5.41, 5.74) is 2.50. The predicted molar refractivity (Wildman–Crippen MR) is 68.3 cm³/mol. The fraction of sp³-hybridized carbons (Fsp3) is 0.500. The highest BCUT2D eigenvalue weighted by Gasteiger charge is 2.20. The van der Waals surface area contributed by atoms with Crippen molar-refractivity contribution in [2.24, 2.45) is 5.84 Å². The van der Waals surface area contributed by atoms with E-state index in [1.165, 1.54) is 12.1 Å². The third kappa shape index (κ3) is 3.72. The molecule has 0 saturated heterocycles. The van der Waals surface area contributed by atoms with Crippen molar-refractivity contribution in [2.75, 3.05) is 0 Å². The van der Waals surface area contributed by atoms with Gasteiger partial charge in [0.25, 0.3) is 0 Å². The molecule has 1 rings (SSSR count). The lowest BCUT2D eigenvalue weighted by molar-refractivity contribution is 0.437. The van der Waals surface area contributed by atoms with Crippen molar-refractivity contribution in [3.05, 3.63) is 33.8 Å². The van der Waals surface area contributed by atoms with Crippen LogP contribution in [0.3, 0.4) is 0 Å². The number of unbranched alkanes of at least 4 members (excludes halogenated alkanes) is 2. The Morgan fingerprint density at radius 3 is 2.65 bits per heavy atom. The Kier molecular flexibility index (Phi) is 6.02. The Morgan fingerprint density at radius 1 is 1.35 bits per heavy atom. The highest BCUT2D eigenvalue weighted by atomic mass is 79.9. The van der Waals surface area contributed by atoms with E-state index in [0.29, 0.717) is 6.42 Å². The van der Waals surface area contributed by atoms with E-state index in [1.807, 2.05) is 0 Å². The van der Waals surface area contributed by atoms with Crippen molar-refractivity contribution in [1.82, 2.24) is 5.43 Å². The number of hydrogen-bond acceptors (Lipinski definition) is 2. The molecule has 17 heavy (non-hydrogen) atoms. The molecule has 1 aromatic carbocycles. The van der Waals surface area contributed by atoms with Crippen molar-refractivity contribution in [2.45, 2.75) is 38.6 Å². The van der Waals surface area contributed by atoms with Crippen LogP contribution in [0, 0.1) is 11.6 Å². The summed E-state index contributed by atoms with van der Waals surface area (Å²) < 4.78 is 27.7. The first kappa shape index (κ1) is 14.5. The zero-order valence-corrected chi connectivity index (χ0v) is 11.4. The first-order valence-electron chi connectivity index (χ1n) is 5.71. The Balaban J connectivity index is 2.91. The summed E-state index contributed by atoms with van der Waals surface area (Å²) in [7, 11) is 0. The average molecular weight is 307 g/mol. The molecule has 0 spiro atoms. The molecule has 0 radical (unpaired) electrons. The molecule has 0 heterocycles. The Bertz CT molecular complexity index is 372. The molecule has 1 atom stereocenters. The molecule has 5 heteroatoms. The van der Waals surface area contributed by atoms with Crippen LogP contribution in [0.15, 0.2) is 16.6 Å². The largest absolute Gasteiger partial charge is 0.271 e. The quantitative estimate of drug-likeness (QED) is 0.363. The Labute approximate surface area is 109 Å². The van der Waals surface area contributed by atoms with Crippen molar-refractivity contribution >= 4 is 15.9 Å². The summed E-state index contributed by atoms with van der Waals surface area (Å²) >= 11 is 3.05. The number of hydrazine groups is 1. The molecule has 0 amide bonds. The summed E-state index contributed by atoms with van der Waals surface area (Å²) in [5.74, 6) is 4.23. The molecule has 0 aliphatic rings. The zero-order valence-electron chi connectivity index (χ0n) is 9.77. The smallest absolute Gasteiger partial charge is 0.145 e. The molecular formula is C12H17BrF2N2. The minimum Gasteiger partial charge on any atom is -0.271 e. The SMILES string of the molecule is CCCCCC(NN)c1c(F)ccc(Br)c1F. The molecule has 1 aromatic rings. The number of halogens is 3. The molecule has 0 aliphatic heterocycles. The fourth-order valence-corrected chi connectivity index (χ4v) is 2.12. The fourth-order valence-electron chi connectivity index (χ4n) is 1.77. The van der Waals surface area contributed by atoms with Crippen LogP contribution in [-0.4, -0.2) is 0 Å². The minimum absolute atomic E-state index is 0.0120. The monoisotopic (exact) mass is 306 g/mol. The third-order valence-corrected chi connectivity index (χ3v) is 3.34. The maximum atomic E-state index is 13.8. The van der Waals surface area contributed by atoms with Crippen LogP contribution in [0.1, 0.15) is 44.2 Å². The van der Waals surface area contributed by atoms with E-state index in [-0.39, 0.29) is 10.0 Å². The summed E-state index contributed by atoms with van der Waals surface area (Å²) in [4.78, 5) is 0. The Morgan fingerprint density at radius 2 is 2.06 bits per heavy atom. The van der Waals surface area contributed by atoms with Gasteiger partial charge in [0, 0.05) is 5.56 Å². The maximum Gasteiger partial charge on any atom is 0.145 e. The van der Waals surface area contributed by atoms with Crippen LogP contribution in [0.25, 0.3) is 0 Å². The van der Waals surface area contributed by atoms with Crippen LogP contribution >= 0.6 is 15.9 Å². The third-order valence-electron chi connectivity index (χ3n) is 2.73. The molecule has 3 N–H and O–H groups in total. The van der Waals surface area contributed by atoms with Crippen molar-refractivity contribution in [3.63, 3.8) is 0 Å². The number of benzene rings is 1. The van der Waals surface area contributed by atoms with Crippen LogP contribution in [-0.2, 0) is 0 Å². The van der Waals surface area contributed by atoms with Gasteiger partial charge in [-0.3, -0.25) is 11.3 Å². The molecular weight excluding hydrogens is 290 g/mol. The second-order valence-corrected chi connectivity index (χ2v) is 4.83. The van der Waals surface area contributed by atoms with Crippen LogP contribution in [0.5, 0.6) is 0 Å². The number of rotatable bonds is 6. The summed E-state index contributed by atoms with van der Waals surface area (Å²) in [6.45, 7) is 2.07. The van der Waals surface area contributed by atoms with Crippen LogP contribution in [0.4, 0.5) is 8.78 Å². The normalized spacial score (nSPS) is 12.8. The summed E-state index contributed by atoms with van der Waals surface area (Å²) in [5, 5.41) is 0. The molecule has 0 aromatic heterocycles. The summed E-state index contributed by atoms with van der Waals surface area (Å²) in [6.07, 6.45) is 3.58. The molecule has 0 saturated carbocycles. The summed E-state index contributed by atoms with van der Waals surface area (Å²) in [6, 6.07) is 2.11. The highest BCUT2D eigenvalue weighted by Crippen LogP contribution is 2.29. The lowest BCUT2D eigenvalue weighted by atomic mass is 10.00. The van der Waals surface area contributed by atoms with E-state index in [2.05, 4.69) is 28.3 Å². The lowest BCUT2D eigenvalue weighted by Gasteiger charge is -2.18. The van der Waals surface area contributed by atoms with Gasteiger partial charge in [-0.2, -0.15) is 0 Å². The van der Waals surface area contributed by atoms with E-state index in [4.69, 9.17) is 5.84 Å². The van der Waals surface area contributed by atoms with Crippen molar-refractivity contribution in [1.29, 1.82) is 0 Å². The maximum absolute atomic E-state index is 13.8. The predicted octanol–water partition coefficient (Wildman–Crippen LogP) is 3.81. The van der Waals surface area contributed by atoms with Gasteiger partial charge < -0.3 is 0 Å².